The van der Waals surface area contributed by atoms with E-state index in [1.54, 1.807) is 31.4 Å². The number of amides is 1. The van der Waals surface area contributed by atoms with Gasteiger partial charge in [-0.1, -0.05) is 69.1 Å². The fourth-order valence-electron chi connectivity index (χ4n) is 3.13. The quantitative estimate of drug-likeness (QED) is 0.254. The number of ether oxygens (including phenoxy) is 2. The number of thioether (sulfide) groups is 1. The van der Waals surface area contributed by atoms with Gasteiger partial charge >= 0.3 is 5.97 Å². The Balaban J connectivity index is 2.04. The molecule has 1 saturated heterocycles. The van der Waals surface area contributed by atoms with Crippen LogP contribution < -0.4 is 9.47 Å². The summed E-state index contributed by atoms with van der Waals surface area (Å²) < 4.78 is 11.4. The van der Waals surface area contributed by atoms with Crippen LogP contribution in [0, 0.1) is 0 Å². The van der Waals surface area contributed by atoms with Crippen LogP contribution in [0.3, 0.4) is 0 Å². The molecule has 1 aliphatic rings. The van der Waals surface area contributed by atoms with Gasteiger partial charge in [-0.2, -0.15) is 0 Å². The number of rotatable bonds is 13. The number of methoxy groups -OCH3 is 1. The number of aliphatic hydroxyl groups excluding tert-OH is 1. The highest BCUT2D eigenvalue weighted by Crippen LogP contribution is 2.35. The minimum absolute atomic E-state index is 0.101. The zero-order valence-corrected chi connectivity index (χ0v) is 19.5. The molecule has 0 aromatic heterocycles. The summed E-state index contributed by atoms with van der Waals surface area (Å²) in [5, 5.41) is 18.5. The second-order valence-electron chi connectivity index (χ2n) is 7.11. The molecular formula is C22H29NO6S2. The minimum Gasteiger partial charge on any atom is -0.493 e. The first-order valence-corrected chi connectivity index (χ1v) is 11.6. The van der Waals surface area contributed by atoms with Crippen molar-refractivity contribution in [3.05, 3.63) is 28.7 Å². The topological polar surface area (TPSA) is 96.3 Å². The molecule has 1 aromatic rings. The van der Waals surface area contributed by atoms with E-state index < -0.39 is 24.5 Å². The molecule has 1 fully saturated rings. The van der Waals surface area contributed by atoms with Crippen LogP contribution in [0.1, 0.15) is 51.0 Å². The summed E-state index contributed by atoms with van der Waals surface area (Å²) in [6.45, 7) is 2.09. The molecule has 1 atom stereocenters. The number of benzene rings is 1. The van der Waals surface area contributed by atoms with Gasteiger partial charge in [-0.3, -0.25) is 9.69 Å². The van der Waals surface area contributed by atoms with Crippen molar-refractivity contribution in [2.24, 2.45) is 0 Å². The molecule has 9 heteroatoms. The smallest absolute Gasteiger partial charge is 0.329 e. The van der Waals surface area contributed by atoms with Crippen molar-refractivity contribution in [2.45, 2.75) is 51.5 Å². The Morgan fingerprint density at radius 3 is 2.58 bits per heavy atom. The van der Waals surface area contributed by atoms with E-state index in [2.05, 4.69) is 6.92 Å². The van der Waals surface area contributed by atoms with Crippen LogP contribution in [0.4, 0.5) is 0 Å². The maximum atomic E-state index is 12.6. The summed E-state index contributed by atoms with van der Waals surface area (Å²) in [6, 6.07) is 3.94. The highest BCUT2D eigenvalue weighted by atomic mass is 32.2. The first-order chi connectivity index (χ1) is 14.9. The standard InChI is InChI=1S/C22H29NO6S2/c1-3-4-5-6-7-8-11-29-17-10-9-15(12-18(17)28-2)13-19-20(25)23(22(30)31-19)16(14-24)21(26)27/h9-10,12-13,16,24H,3-8,11,14H2,1-2H3,(H,26,27)/b19-13-. The lowest BCUT2D eigenvalue weighted by Crippen LogP contribution is -2.46. The first-order valence-electron chi connectivity index (χ1n) is 10.3. The highest BCUT2D eigenvalue weighted by Gasteiger charge is 2.40. The zero-order chi connectivity index (χ0) is 22.8. The Kier molecular flexibility index (Phi) is 10.3. The number of carbonyl (C=O) groups is 2. The Hall–Kier alpha value is -2.10. The van der Waals surface area contributed by atoms with Crippen LogP contribution in [0.25, 0.3) is 6.08 Å². The third-order valence-corrected chi connectivity index (χ3v) is 6.16. The molecular weight excluding hydrogens is 438 g/mol. The molecule has 0 spiro atoms. The summed E-state index contributed by atoms with van der Waals surface area (Å²) >= 11 is 6.15. The van der Waals surface area contributed by atoms with Crippen LogP contribution >= 0.6 is 24.0 Å². The number of aliphatic carboxylic acids is 1. The number of nitrogens with zero attached hydrogens (tertiary/aromatic N) is 1. The van der Waals surface area contributed by atoms with Gasteiger partial charge in [-0.25, -0.2) is 4.79 Å². The molecule has 1 heterocycles. The van der Waals surface area contributed by atoms with Crippen LogP contribution in [-0.2, 0) is 9.59 Å². The van der Waals surface area contributed by atoms with E-state index in [4.69, 9.17) is 21.7 Å². The summed E-state index contributed by atoms with van der Waals surface area (Å²) in [5.74, 6) is -0.673. The number of hydrogen-bond acceptors (Lipinski definition) is 7. The van der Waals surface area contributed by atoms with Crippen molar-refractivity contribution in [2.75, 3.05) is 20.3 Å². The van der Waals surface area contributed by atoms with E-state index in [9.17, 15) is 19.8 Å². The zero-order valence-electron chi connectivity index (χ0n) is 17.8. The van der Waals surface area contributed by atoms with Crippen molar-refractivity contribution in [3.8, 4) is 11.5 Å². The average Bonchev–Trinajstić information content (AvgIpc) is 3.02. The summed E-state index contributed by atoms with van der Waals surface area (Å²) in [4.78, 5) is 25.1. The fraction of sp³-hybridized carbons (Fsp3) is 0.500. The predicted octanol–water partition coefficient (Wildman–Crippen LogP) is 4.08. The van der Waals surface area contributed by atoms with Gasteiger partial charge in [0, 0.05) is 0 Å². The molecule has 0 saturated carbocycles. The van der Waals surface area contributed by atoms with Gasteiger partial charge in [0.1, 0.15) is 4.32 Å². The third kappa shape index (κ3) is 6.95. The van der Waals surface area contributed by atoms with Crippen molar-refractivity contribution in [1.82, 2.24) is 4.90 Å². The number of carboxylic acids is 1. The lowest BCUT2D eigenvalue weighted by Gasteiger charge is -2.20. The van der Waals surface area contributed by atoms with Gasteiger partial charge < -0.3 is 19.7 Å². The van der Waals surface area contributed by atoms with E-state index in [1.165, 1.54) is 25.7 Å². The van der Waals surface area contributed by atoms with Crippen molar-refractivity contribution in [3.63, 3.8) is 0 Å². The van der Waals surface area contributed by atoms with E-state index in [0.717, 1.165) is 29.5 Å². The molecule has 1 amide bonds. The molecule has 31 heavy (non-hydrogen) atoms. The molecule has 7 nitrogen and oxygen atoms in total. The number of aliphatic hydroxyl groups is 1. The summed E-state index contributed by atoms with van der Waals surface area (Å²) in [6.07, 6.45) is 8.70. The number of thiocarbonyl (C=S) groups is 1. The molecule has 2 N–H and O–H groups in total. The Bertz CT molecular complexity index is 826. The Morgan fingerprint density at radius 2 is 1.94 bits per heavy atom. The van der Waals surface area contributed by atoms with Crippen LogP contribution in [-0.4, -0.2) is 57.7 Å². The average molecular weight is 468 g/mol. The first kappa shape index (κ1) is 25.2. The second-order valence-corrected chi connectivity index (χ2v) is 8.79. The van der Waals surface area contributed by atoms with Crippen molar-refractivity contribution in [1.29, 1.82) is 0 Å². The van der Waals surface area contributed by atoms with E-state index in [1.807, 2.05) is 0 Å². The van der Waals surface area contributed by atoms with Gasteiger partial charge in [0.05, 0.1) is 25.2 Å². The highest BCUT2D eigenvalue weighted by molar-refractivity contribution is 8.26. The summed E-state index contributed by atoms with van der Waals surface area (Å²) in [5.41, 5.74) is 0.695. The lowest BCUT2D eigenvalue weighted by molar-refractivity contribution is -0.146. The van der Waals surface area contributed by atoms with Crippen molar-refractivity contribution < 1.29 is 29.3 Å². The number of carbonyl (C=O) groups excluding carboxylic acids is 1. The number of unbranched alkanes of at least 4 members (excludes halogenated alkanes) is 5. The van der Waals surface area contributed by atoms with Crippen LogP contribution in [0.2, 0.25) is 0 Å². The molecule has 0 radical (unpaired) electrons. The van der Waals surface area contributed by atoms with Gasteiger partial charge in [0.15, 0.2) is 17.5 Å². The molecule has 0 aliphatic carbocycles. The SMILES string of the molecule is CCCCCCCCOc1ccc(/C=C2\SC(=S)N(C(CO)C(=O)O)C2=O)cc1OC. The normalized spacial score (nSPS) is 16.1. The molecule has 170 valence electrons. The number of hydrogen-bond donors (Lipinski definition) is 2. The predicted molar refractivity (Wildman–Crippen MR) is 125 cm³/mol. The molecule has 1 aliphatic heterocycles. The largest absolute Gasteiger partial charge is 0.493 e. The van der Waals surface area contributed by atoms with E-state index in [-0.39, 0.29) is 9.23 Å². The van der Waals surface area contributed by atoms with Gasteiger partial charge in [0.2, 0.25) is 0 Å². The molecule has 1 unspecified atom stereocenters. The van der Waals surface area contributed by atoms with E-state index in [0.29, 0.717) is 23.7 Å². The van der Waals surface area contributed by atoms with Gasteiger partial charge in [-0.05, 0) is 30.2 Å². The third-order valence-electron chi connectivity index (χ3n) is 4.83. The lowest BCUT2D eigenvalue weighted by atomic mass is 10.1. The molecule has 2 rings (SSSR count). The molecule has 0 bridgehead atoms. The monoisotopic (exact) mass is 467 g/mol. The van der Waals surface area contributed by atoms with Crippen LogP contribution in [0.15, 0.2) is 23.1 Å². The van der Waals surface area contributed by atoms with Gasteiger partial charge in [0.25, 0.3) is 5.91 Å². The molecule has 1 aromatic carbocycles. The maximum Gasteiger partial charge on any atom is 0.329 e. The fourth-order valence-corrected chi connectivity index (χ4v) is 4.48. The number of carboxylic acid groups (broad SMARTS) is 1. The maximum absolute atomic E-state index is 12.6. The Labute approximate surface area is 192 Å². The second kappa shape index (κ2) is 12.7. The Morgan fingerprint density at radius 1 is 1.23 bits per heavy atom. The van der Waals surface area contributed by atoms with Crippen molar-refractivity contribution >= 4 is 46.3 Å². The summed E-state index contributed by atoms with van der Waals surface area (Å²) in [7, 11) is 1.55. The van der Waals surface area contributed by atoms with Crippen LogP contribution in [0.5, 0.6) is 11.5 Å². The van der Waals surface area contributed by atoms with E-state index >= 15 is 0 Å². The van der Waals surface area contributed by atoms with Gasteiger partial charge in [-0.15, -0.1) is 0 Å². The minimum atomic E-state index is -1.40.